The molecule has 0 aliphatic carbocycles. The van der Waals surface area contributed by atoms with E-state index in [0.717, 1.165) is 6.54 Å². The summed E-state index contributed by atoms with van der Waals surface area (Å²) >= 11 is 0. The zero-order chi connectivity index (χ0) is 8.27. The Morgan fingerprint density at radius 1 is 1.18 bits per heavy atom. The number of aryl methyl sites for hydroxylation is 1. The molecule has 0 N–H and O–H groups in total. The fraction of sp³-hybridized carbons (Fsp3) is 0.400. The zero-order valence-electron chi connectivity index (χ0n) is 7.46. The topological polar surface area (TPSA) is 3.24 Å². The van der Waals surface area contributed by atoms with E-state index in [9.17, 15) is 0 Å². The maximum atomic E-state index is 2.22. The van der Waals surface area contributed by atoms with Crippen LogP contribution in [-0.4, -0.2) is 13.6 Å². The second kappa shape index (κ2) is 3.42. The van der Waals surface area contributed by atoms with Gasteiger partial charge in [-0.2, -0.15) is 0 Å². The number of hydrogen-bond acceptors (Lipinski definition) is 1. The lowest BCUT2D eigenvalue weighted by molar-refractivity contribution is 0.968. The minimum atomic E-state index is 1.06. The summed E-state index contributed by atoms with van der Waals surface area (Å²) in [6, 6.07) is 8.58. The van der Waals surface area contributed by atoms with Crippen LogP contribution in [0.25, 0.3) is 0 Å². The van der Waals surface area contributed by atoms with Gasteiger partial charge < -0.3 is 4.90 Å². The molecule has 11 heavy (non-hydrogen) atoms. The molecule has 0 unspecified atom stereocenters. The van der Waals surface area contributed by atoms with Gasteiger partial charge in [-0.15, -0.1) is 0 Å². The SMILES string of the molecule is CCN(C)c1ccc(C)cc1. The highest BCUT2D eigenvalue weighted by Crippen LogP contribution is 2.12. The van der Waals surface area contributed by atoms with Gasteiger partial charge in [-0.1, -0.05) is 17.7 Å². The molecule has 0 spiro atoms. The van der Waals surface area contributed by atoms with Crippen LogP contribution in [0.2, 0.25) is 0 Å². The Bertz CT molecular complexity index is 213. The van der Waals surface area contributed by atoms with E-state index in [1.807, 2.05) is 0 Å². The molecule has 1 aromatic carbocycles. The average molecular weight is 149 g/mol. The van der Waals surface area contributed by atoms with Crippen LogP contribution < -0.4 is 4.90 Å². The van der Waals surface area contributed by atoms with E-state index >= 15 is 0 Å². The molecule has 1 nitrogen and oxygen atoms in total. The van der Waals surface area contributed by atoms with Gasteiger partial charge in [0.05, 0.1) is 0 Å². The van der Waals surface area contributed by atoms with E-state index in [-0.39, 0.29) is 0 Å². The van der Waals surface area contributed by atoms with Crippen LogP contribution in [0.3, 0.4) is 0 Å². The summed E-state index contributed by atoms with van der Waals surface area (Å²) in [4.78, 5) is 2.22. The summed E-state index contributed by atoms with van der Waals surface area (Å²) in [6.45, 7) is 5.32. The van der Waals surface area contributed by atoms with E-state index in [0.29, 0.717) is 0 Å². The maximum Gasteiger partial charge on any atom is 0.0363 e. The first-order chi connectivity index (χ1) is 5.24. The van der Waals surface area contributed by atoms with Crippen molar-refractivity contribution >= 4 is 5.69 Å². The quantitative estimate of drug-likeness (QED) is 0.624. The van der Waals surface area contributed by atoms with E-state index in [1.165, 1.54) is 11.3 Å². The van der Waals surface area contributed by atoms with Crippen molar-refractivity contribution in [2.75, 3.05) is 18.5 Å². The van der Waals surface area contributed by atoms with Crippen molar-refractivity contribution in [1.29, 1.82) is 0 Å². The molecule has 0 heterocycles. The molecule has 0 fully saturated rings. The summed E-state index contributed by atoms with van der Waals surface area (Å²) in [5, 5.41) is 0. The molecule has 0 amide bonds. The lowest BCUT2D eigenvalue weighted by Crippen LogP contribution is -2.15. The maximum absolute atomic E-state index is 2.22. The second-order valence-corrected chi connectivity index (χ2v) is 2.85. The molecule has 0 atom stereocenters. The first-order valence-corrected chi connectivity index (χ1v) is 4.02. The van der Waals surface area contributed by atoms with Crippen molar-refractivity contribution in [1.82, 2.24) is 0 Å². The normalized spacial score (nSPS) is 9.73. The molecule has 60 valence electrons. The standard InChI is InChI=1S/C10H15N/c1-4-11(3)10-7-5-9(2)6-8-10/h5-8H,4H2,1-3H3. The van der Waals surface area contributed by atoms with Crippen LogP contribution in [0, 0.1) is 6.92 Å². The Labute approximate surface area is 68.7 Å². The van der Waals surface area contributed by atoms with Crippen LogP contribution in [0.1, 0.15) is 12.5 Å². The largest absolute Gasteiger partial charge is 0.375 e. The predicted octanol–water partition coefficient (Wildman–Crippen LogP) is 2.45. The van der Waals surface area contributed by atoms with Crippen molar-refractivity contribution in [2.24, 2.45) is 0 Å². The predicted molar refractivity (Wildman–Crippen MR) is 50.1 cm³/mol. The Balaban J connectivity index is 2.81. The van der Waals surface area contributed by atoms with Gasteiger partial charge in [0.15, 0.2) is 0 Å². The van der Waals surface area contributed by atoms with E-state index in [2.05, 4.69) is 50.1 Å². The fourth-order valence-corrected chi connectivity index (χ4v) is 0.982. The zero-order valence-corrected chi connectivity index (χ0v) is 7.46. The highest BCUT2D eigenvalue weighted by molar-refractivity contribution is 5.46. The monoisotopic (exact) mass is 149 g/mol. The van der Waals surface area contributed by atoms with Gasteiger partial charge >= 0.3 is 0 Å². The lowest BCUT2D eigenvalue weighted by Gasteiger charge is -2.16. The molecule has 0 saturated carbocycles. The van der Waals surface area contributed by atoms with Gasteiger partial charge in [0.25, 0.3) is 0 Å². The molecule has 0 bridgehead atoms. The minimum absolute atomic E-state index is 1.06. The smallest absolute Gasteiger partial charge is 0.0363 e. The van der Waals surface area contributed by atoms with Crippen LogP contribution >= 0.6 is 0 Å². The van der Waals surface area contributed by atoms with Gasteiger partial charge in [-0.3, -0.25) is 0 Å². The average Bonchev–Trinajstić information content (AvgIpc) is 2.05. The van der Waals surface area contributed by atoms with Gasteiger partial charge in [-0.25, -0.2) is 0 Å². The van der Waals surface area contributed by atoms with Crippen LogP contribution in [-0.2, 0) is 0 Å². The molecule has 0 saturated heterocycles. The summed E-state index contributed by atoms with van der Waals surface area (Å²) in [5.74, 6) is 0. The fourth-order valence-electron chi connectivity index (χ4n) is 0.982. The van der Waals surface area contributed by atoms with Crippen LogP contribution in [0.15, 0.2) is 24.3 Å². The minimum Gasteiger partial charge on any atom is -0.375 e. The first-order valence-electron chi connectivity index (χ1n) is 4.02. The van der Waals surface area contributed by atoms with E-state index in [1.54, 1.807) is 0 Å². The van der Waals surface area contributed by atoms with Crippen LogP contribution in [0.4, 0.5) is 5.69 Å². The van der Waals surface area contributed by atoms with Gasteiger partial charge in [0.1, 0.15) is 0 Å². The van der Waals surface area contributed by atoms with Gasteiger partial charge in [0.2, 0.25) is 0 Å². The highest BCUT2D eigenvalue weighted by Gasteiger charge is 1.94. The second-order valence-electron chi connectivity index (χ2n) is 2.85. The lowest BCUT2D eigenvalue weighted by atomic mass is 10.2. The highest BCUT2D eigenvalue weighted by atomic mass is 15.1. The number of benzene rings is 1. The summed E-state index contributed by atoms with van der Waals surface area (Å²) in [6.07, 6.45) is 0. The molecule has 0 aliphatic heterocycles. The van der Waals surface area contributed by atoms with Gasteiger partial charge in [0, 0.05) is 19.3 Å². The first kappa shape index (κ1) is 8.12. The number of anilines is 1. The number of nitrogens with zero attached hydrogens (tertiary/aromatic N) is 1. The molecule has 0 radical (unpaired) electrons. The number of hydrogen-bond donors (Lipinski definition) is 0. The van der Waals surface area contributed by atoms with Crippen molar-refractivity contribution in [2.45, 2.75) is 13.8 Å². The van der Waals surface area contributed by atoms with Crippen molar-refractivity contribution in [3.8, 4) is 0 Å². The molecule has 1 rings (SSSR count). The molecular formula is C10H15N. The Kier molecular flexibility index (Phi) is 2.53. The van der Waals surface area contributed by atoms with Crippen molar-refractivity contribution < 1.29 is 0 Å². The van der Waals surface area contributed by atoms with Crippen LogP contribution in [0.5, 0.6) is 0 Å². The Morgan fingerprint density at radius 2 is 1.73 bits per heavy atom. The summed E-state index contributed by atoms with van der Waals surface area (Å²) in [5.41, 5.74) is 2.61. The molecule has 0 aliphatic rings. The molecular weight excluding hydrogens is 134 g/mol. The van der Waals surface area contributed by atoms with E-state index in [4.69, 9.17) is 0 Å². The summed E-state index contributed by atoms with van der Waals surface area (Å²) < 4.78 is 0. The third-order valence-electron chi connectivity index (χ3n) is 1.95. The third kappa shape index (κ3) is 1.97. The van der Waals surface area contributed by atoms with Gasteiger partial charge in [-0.05, 0) is 26.0 Å². The molecule has 1 aromatic rings. The van der Waals surface area contributed by atoms with Crippen molar-refractivity contribution in [3.63, 3.8) is 0 Å². The third-order valence-corrected chi connectivity index (χ3v) is 1.95. The van der Waals surface area contributed by atoms with E-state index < -0.39 is 0 Å². The summed E-state index contributed by atoms with van der Waals surface area (Å²) in [7, 11) is 2.10. The Morgan fingerprint density at radius 3 is 2.18 bits per heavy atom. The molecule has 0 aromatic heterocycles. The Hall–Kier alpha value is -0.980. The molecule has 1 heteroatoms. The number of rotatable bonds is 2. The van der Waals surface area contributed by atoms with Crippen molar-refractivity contribution in [3.05, 3.63) is 29.8 Å².